The Labute approximate surface area is 162 Å². The van der Waals surface area contributed by atoms with Crippen LogP contribution in [0, 0.1) is 20.8 Å². The van der Waals surface area contributed by atoms with Gasteiger partial charge in [-0.05, 0) is 51.2 Å². The van der Waals surface area contributed by atoms with E-state index in [0.717, 1.165) is 59.6 Å². The fourth-order valence-electron chi connectivity index (χ4n) is 3.79. The number of para-hydroxylation sites is 1. The number of hydrogen-bond acceptors (Lipinski definition) is 2. The van der Waals surface area contributed by atoms with E-state index in [4.69, 9.17) is 0 Å². The monoisotopic (exact) mass is 368 g/mol. The Morgan fingerprint density at radius 1 is 1.04 bits per heavy atom. The number of aromatic nitrogens is 1. The minimum Gasteiger partial charge on any atom is -0.348 e. The van der Waals surface area contributed by atoms with Crippen molar-refractivity contribution in [2.45, 2.75) is 73.8 Å². The Morgan fingerprint density at radius 2 is 1.67 bits per heavy atom. The number of carbonyl (C=O) groups is 1. The molecular formula is C23H32N2O2. The Morgan fingerprint density at radius 3 is 2.19 bits per heavy atom. The van der Waals surface area contributed by atoms with Crippen LogP contribution < -0.4 is 10.7 Å². The van der Waals surface area contributed by atoms with Gasteiger partial charge in [0.05, 0.1) is 0 Å². The number of nitrogens with one attached hydrogen (secondary N) is 1. The minimum atomic E-state index is -0.308. The first-order chi connectivity index (χ1) is 12.9. The van der Waals surface area contributed by atoms with Gasteiger partial charge in [-0.15, -0.1) is 0 Å². The lowest BCUT2D eigenvalue weighted by Crippen LogP contribution is -2.31. The minimum absolute atomic E-state index is 0.122. The predicted octanol–water partition coefficient (Wildman–Crippen LogP) is 4.95. The lowest BCUT2D eigenvalue weighted by Gasteiger charge is -2.22. The second-order valence-corrected chi connectivity index (χ2v) is 7.15. The summed E-state index contributed by atoms with van der Waals surface area (Å²) < 4.78 is 2.18. The Hall–Kier alpha value is -2.36. The molecule has 0 saturated carbocycles. The standard InChI is InChI=1S/C23H32N2O2/c1-7-10-14-25-17(6)20(22(26)18(8-2)19(25)9-3)23(27)24-21-15(4)12-11-13-16(21)5/h11-13H,7-10,14H2,1-6H3,(H,24,27). The largest absolute Gasteiger partial charge is 0.348 e. The molecule has 0 aliphatic carbocycles. The second-order valence-electron chi connectivity index (χ2n) is 7.15. The molecule has 1 aromatic carbocycles. The quantitative estimate of drug-likeness (QED) is 0.752. The van der Waals surface area contributed by atoms with Crippen LogP contribution in [0.4, 0.5) is 5.69 Å². The smallest absolute Gasteiger partial charge is 0.261 e. The lowest BCUT2D eigenvalue weighted by molar-refractivity contribution is 0.102. The molecule has 1 heterocycles. The zero-order valence-electron chi connectivity index (χ0n) is 17.5. The molecule has 1 amide bonds. The number of amides is 1. The number of rotatable bonds is 7. The molecular weight excluding hydrogens is 336 g/mol. The Kier molecular flexibility index (Phi) is 7.00. The topological polar surface area (TPSA) is 51.1 Å². The van der Waals surface area contributed by atoms with E-state index in [1.54, 1.807) is 0 Å². The molecule has 146 valence electrons. The van der Waals surface area contributed by atoms with Gasteiger partial charge in [0.2, 0.25) is 0 Å². The summed E-state index contributed by atoms with van der Waals surface area (Å²) in [7, 11) is 0. The lowest BCUT2D eigenvalue weighted by atomic mass is 10.0. The molecule has 4 nitrogen and oxygen atoms in total. The normalized spacial score (nSPS) is 10.9. The molecule has 0 bridgehead atoms. The van der Waals surface area contributed by atoms with Crippen LogP contribution in [0.15, 0.2) is 23.0 Å². The molecule has 0 unspecified atom stereocenters. The molecule has 0 aliphatic rings. The van der Waals surface area contributed by atoms with Crippen LogP contribution in [-0.4, -0.2) is 10.5 Å². The average Bonchev–Trinajstić information content (AvgIpc) is 2.63. The highest BCUT2D eigenvalue weighted by molar-refractivity contribution is 6.05. The van der Waals surface area contributed by atoms with Gasteiger partial charge in [0.25, 0.3) is 5.91 Å². The maximum absolute atomic E-state index is 13.2. The van der Waals surface area contributed by atoms with Crippen molar-refractivity contribution >= 4 is 11.6 Å². The number of hydrogen-bond donors (Lipinski definition) is 1. The van der Waals surface area contributed by atoms with E-state index < -0.39 is 0 Å². The number of aryl methyl sites for hydroxylation is 2. The van der Waals surface area contributed by atoms with Gasteiger partial charge in [0, 0.05) is 29.2 Å². The third-order valence-corrected chi connectivity index (χ3v) is 5.31. The van der Waals surface area contributed by atoms with Gasteiger partial charge in [-0.3, -0.25) is 9.59 Å². The van der Waals surface area contributed by atoms with E-state index in [2.05, 4.69) is 23.7 Å². The van der Waals surface area contributed by atoms with E-state index in [-0.39, 0.29) is 16.9 Å². The molecule has 1 aromatic heterocycles. The molecule has 0 aliphatic heterocycles. The number of benzene rings is 1. The molecule has 0 fully saturated rings. The van der Waals surface area contributed by atoms with E-state index >= 15 is 0 Å². The maximum Gasteiger partial charge on any atom is 0.261 e. The van der Waals surface area contributed by atoms with E-state index in [1.807, 2.05) is 45.9 Å². The number of unbranched alkanes of at least 4 members (excludes halogenated alkanes) is 1. The summed E-state index contributed by atoms with van der Waals surface area (Å²) >= 11 is 0. The molecule has 2 rings (SSSR count). The van der Waals surface area contributed by atoms with Crippen LogP contribution >= 0.6 is 0 Å². The molecule has 2 aromatic rings. The number of nitrogens with zero attached hydrogens (tertiary/aromatic N) is 1. The molecule has 0 spiro atoms. The van der Waals surface area contributed by atoms with Gasteiger partial charge >= 0.3 is 0 Å². The van der Waals surface area contributed by atoms with Crippen LogP contribution in [0.1, 0.15) is 72.0 Å². The van der Waals surface area contributed by atoms with Crippen LogP contribution in [0.25, 0.3) is 0 Å². The summed E-state index contributed by atoms with van der Waals surface area (Å²) in [6.45, 7) is 12.9. The third kappa shape index (κ3) is 4.15. The first-order valence-electron chi connectivity index (χ1n) is 9.99. The maximum atomic E-state index is 13.2. The number of pyridine rings is 1. The highest BCUT2D eigenvalue weighted by Crippen LogP contribution is 2.22. The molecule has 0 saturated heterocycles. The first kappa shape index (κ1) is 20.9. The fourth-order valence-corrected chi connectivity index (χ4v) is 3.79. The van der Waals surface area contributed by atoms with Crippen molar-refractivity contribution in [2.24, 2.45) is 0 Å². The third-order valence-electron chi connectivity index (χ3n) is 5.31. The van der Waals surface area contributed by atoms with Crippen molar-refractivity contribution in [2.75, 3.05) is 5.32 Å². The zero-order valence-corrected chi connectivity index (χ0v) is 17.5. The van der Waals surface area contributed by atoms with Crippen molar-refractivity contribution in [3.8, 4) is 0 Å². The first-order valence-corrected chi connectivity index (χ1v) is 9.99. The van der Waals surface area contributed by atoms with Crippen LogP contribution in [0.5, 0.6) is 0 Å². The highest BCUT2D eigenvalue weighted by Gasteiger charge is 2.23. The van der Waals surface area contributed by atoms with E-state index in [1.165, 1.54) is 0 Å². The fraction of sp³-hybridized carbons (Fsp3) is 0.478. The van der Waals surface area contributed by atoms with Gasteiger partial charge in [-0.25, -0.2) is 0 Å². The van der Waals surface area contributed by atoms with Crippen LogP contribution in [0.3, 0.4) is 0 Å². The second kappa shape index (κ2) is 9.03. The van der Waals surface area contributed by atoms with Gasteiger partial charge in [-0.1, -0.05) is 45.4 Å². The summed E-state index contributed by atoms with van der Waals surface area (Å²) in [6, 6.07) is 5.90. The van der Waals surface area contributed by atoms with Crippen molar-refractivity contribution < 1.29 is 4.79 Å². The summed E-state index contributed by atoms with van der Waals surface area (Å²) in [6.07, 6.45) is 3.53. The molecule has 0 radical (unpaired) electrons. The van der Waals surface area contributed by atoms with Crippen LogP contribution in [-0.2, 0) is 19.4 Å². The summed E-state index contributed by atoms with van der Waals surface area (Å²) in [5, 5.41) is 3.00. The number of anilines is 1. The van der Waals surface area contributed by atoms with Gasteiger partial charge < -0.3 is 9.88 Å². The van der Waals surface area contributed by atoms with Gasteiger partial charge in [-0.2, -0.15) is 0 Å². The molecule has 0 atom stereocenters. The van der Waals surface area contributed by atoms with Gasteiger partial charge in [0.15, 0.2) is 5.43 Å². The van der Waals surface area contributed by atoms with Crippen molar-refractivity contribution in [1.82, 2.24) is 4.57 Å². The SMILES string of the molecule is CCCCn1c(C)c(C(=O)Nc2c(C)cccc2C)c(=O)c(CC)c1CC. The Bertz CT molecular complexity index is 874. The van der Waals surface area contributed by atoms with Crippen LogP contribution in [0.2, 0.25) is 0 Å². The predicted molar refractivity (Wildman–Crippen MR) is 113 cm³/mol. The zero-order chi connectivity index (χ0) is 20.1. The van der Waals surface area contributed by atoms with Crippen molar-refractivity contribution in [3.63, 3.8) is 0 Å². The average molecular weight is 369 g/mol. The summed E-state index contributed by atoms with van der Waals surface area (Å²) in [4.78, 5) is 26.3. The number of carbonyl (C=O) groups excluding carboxylic acids is 1. The summed E-state index contributed by atoms with van der Waals surface area (Å²) in [5.41, 5.74) is 5.54. The van der Waals surface area contributed by atoms with Gasteiger partial charge in [0.1, 0.15) is 5.56 Å². The van der Waals surface area contributed by atoms with E-state index in [9.17, 15) is 9.59 Å². The molecule has 4 heteroatoms. The van der Waals surface area contributed by atoms with E-state index in [0.29, 0.717) is 6.42 Å². The molecule has 27 heavy (non-hydrogen) atoms. The Balaban J connectivity index is 2.61. The molecule has 1 N–H and O–H groups in total. The van der Waals surface area contributed by atoms with Crippen molar-refractivity contribution in [1.29, 1.82) is 0 Å². The van der Waals surface area contributed by atoms with Crippen molar-refractivity contribution in [3.05, 3.63) is 62.1 Å². The highest BCUT2D eigenvalue weighted by atomic mass is 16.2. The summed E-state index contributed by atoms with van der Waals surface area (Å²) in [5.74, 6) is -0.308.